The second-order valence-electron chi connectivity index (χ2n) is 11.6. The van der Waals surface area contributed by atoms with Gasteiger partial charge >= 0.3 is 0 Å². The van der Waals surface area contributed by atoms with Gasteiger partial charge in [-0.3, -0.25) is 0 Å². The Morgan fingerprint density at radius 3 is 1.54 bits per heavy atom. The Hall–Kier alpha value is -3.92. The molecule has 192 valence electrons. The molecular weight excluding hydrogens is 452 g/mol. The SMILES string of the molecule is CC(C)(c1ccc(N)cc1)c1ccc(N)cc1.CC1(C)CC(C)(c2ccc(N)cc2)c2ccccc2N1. The van der Waals surface area contributed by atoms with Crippen LogP contribution in [0.5, 0.6) is 0 Å². The van der Waals surface area contributed by atoms with Gasteiger partial charge in [0, 0.05) is 39.1 Å². The highest BCUT2D eigenvalue weighted by Gasteiger charge is 2.41. The monoisotopic (exact) mass is 492 g/mol. The summed E-state index contributed by atoms with van der Waals surface area (Å²) in [6.45, 7) is 11.3. The molecule has 0 fully saturated rings. The molecule has 1 aliphatic rings. The molecule has 1 unspecified atom stereocenters. The molecule has 1 aliphatic heterocycles. The highest BCUT2D eigenvalue weighted by molar-refractivity contribution is 5.62. The van der Waals surface area contributed by atoms with Gasteiger partial charge in [0.1, 0.15) is 0 Å². The number of nitrogens with one attached hydrogen (secondary N) is 1. The summed E-state index contributed by atoms with van der Waals surface area (Å²) >= 11 is 0. The number of rotatable bonds is 3. The zero-order valence-electron chi connectivity index (χ0n) is 22.7. The average Bonchev–Trinajstić information content (AvgIpc) is 2.85. The zero-order valence-corrected chi connectivity index (χ0v) is 22.7. The molecule has 0 spiro atoms. The van der Waals surface area contributed by atoms with Crippen molar-refractivity contribution in [1.29, 1.82) is 0 Å². The molecule has 4 heteroatoms. The molecule has 0 amide bonds. The lowest BCUT2D eigenvalue weighted by Gasteiger charge is -2.45. The molecule has 0 radical (unpaired) electrons. The van der Waals surface area contributed by atoms with E-state index in [4.69, 9.17) is 17.2 Å². The summed E-state index contributed by atoms with van der Waals surface area (Å²) in [6, 6.07) is 33.0. The van der Waals surface area contributed by atoms with Crippen molar-refractivity contribution in [2.75, 3.05) is 22.5 Å². The first kappa shape index (κ1) is 26.2. The Morgan fingerprint density at radius 2 is 1.05 bits per heavy atom. The molecular formula is C33H40N4. The molecule has 0 aromatic heterocycles. The summed E-state index contributed by atoms with van der Waals surface area (Å²) in [5.41, 5.74) is 26.1. The van der Waals surface area contributed by atoms with Gasteiger partial charge in [-0.05, 0) is 85.0 Å². The minimum atomic E-state index is -0.0403. The summed E-state index contributed by atoms with van der Waals surface area (Å²) in [4.78, 5) is 0. The Bertz CT molecular complexity index is 1290. The fourth-order valence-electron chi connectivity index (χ4n) is 5.54. The zero-order chi connectivity index (χ0) is 26.8. The van der Waals surface area contributed by atoms with E-state index in [2.05, 4.69) is 101 Å². The van der Waals surface area contributed by atoms with E-state index in [-0.39, 0.29) is 16.4 Å². The van der Waals surface area contributed by atoms with E-state index in [0.717, 1.165) is 23.5 Å². The third kappa shape index (κ3) is 5.59. The lowest BCUT2D eigenvalue weighted by Crippen LogP contribution is -2.45. The molecule has 37 heavy (non-hydrogen) atoms. The molecule has 7 N–H and O–H groups in total. The third-order valence-corrected chi connectivity index (χ3v) is 7.60. The summed E-state index contributed by atoms with van der Waals surface area (Å²) in [6.07, 6.45) is 1.06. The van der Waals surface area contributed by atoms with Crippen molar-refractivity contribution in [1.82, 2.24) is 0 Å². The molecule has 0 saturated heterocycles. The predicted octanol–water partition coefficient (Wildman–Crippen LogP) is 7.35. The minimum absolute atomic E-state index is 0.0129. The molecule has 5 rings (SSSR count). The van der Waals surface area contributed by atoms with Crippen LogP contribution < -0.4 is 22.5 Å². The van der Waals surface area contributed by atoms with Crippen LogP contribution in [0.1, 0.15) is 63.3 Å². The van der Waals surface area contributed by atoms with Crippen molar-refractivity contribution < 1.29 is 0 Å². The maximum atomic E-state index is 5.83. The average molecular weight is 493 g/mol. The topological polar surface area (TPSA) is 90.1 Å². The van der Waals surface area contributed by atoms with Crippen molar-refractivity contribution in [2.24, 2.45) is 0 Å². The molecule has 0 aliphatic carbocycles. The highest BCUT2D eigenvalue weighted by atomic mass is 15.0. The first-order valence-electron chi connectivity index (χ1n) is 12.9. The number of benzene rings is 4. The third-order valence-electron chi connectivity index (χ3n) is 7.60. The quantitative estimate of drug-likeness (QED) is 0.225. The van der Waals surface area contributed by atoms with Crippen LogP contribution in [0.2, 0.25) is 0 Å². The van der Waals surface area contributed by atoms with Gasteiger partial charge in [-0.1, -0.05) is 75.4 Å². The van der Waals surface area contributed by atoms with Crippen molar-refractivity contribution in [3.05, 3.63) is 119 Å². The summed E-state index contributed by atoms with van der Waals surface area (Å²) < 4.78 is 0. The number of hydrogen-bond donors (Lipinski definition) is 4. The largest absolute Gasteiger partial charge is 0.399 e. The van der Waals surface area contributed by atoms with E-state index in [1.54, 1.807) is 0 Å². The van der Waals surface area contributed by atoms with Gasteiger partial charge in [0.15, 0.2) is 0 Å². The molecule has 0 bridgehead atoms. The van der Waals surface area contributed by atoms with E-state index in [1.807, 2.05) is 36.4 Å². The highest BCUT2D eigenvalue weighted by Crippen LogP contribution is 2.47. The van der Waals surface area contributed by atoms with E-state index < -0.39 is 0 Å². The lowest BCUT2D eigenvalue weighted by molar-refractivity contribution is 0.378. The van der Waals surface area contributed by atoms with E-state index in [9.17, 15) is 0 Å². The second kappa shape index (κ2) is 9.85. The van der Waals surface area contributed by atoms with Gasteiger partial charge in [0.05, 0.1) is 0 Å². The van der Waals surface area contributed by atoms with Crippen molar-refractivity contribution in [2.45, 2.75) is 57.4 Å². The Kier molecular flexibility index (Phi) is 6.96. The van der Waals surface area contributed by atoms with Crippen LogP contribution in [0.25, 0.3) is 0 Å². The number of anilines is 4. The fraction of sp³-hybridized carbons (Fsp3) is 0.273. The Morgan fingerprint density at radius 1 is 0.622 bits per heavy atom. The van der Waals surface area contributed by atoms with E-state index in [0.29, 0.717) is 0 Å². The van der Waals surface area contributed by atoms with E-state index in [1.165, 1.54) is 27.9 Å². The van der Waals surface area contributed by atoms with Crippen LogP contribution in [0.4, 0.5) is 22.7 Å². The molecule has 4 aromatic carbocycles. The number of hydrogen-bond acceptors (Lipinski definition) is 4. The summed E-state index contributed by atoms with van der Waals surface area (Å²) in [5.74, 6) is 0. The summed E-state index contributed by atoms with van der Waals surface area (Å²) in [7, 11) is 0. The van der Waals surface area contributed by atoms with Gasteiger partial charge in [0.2, 0.25) is 0 Å². The number of fused-ring (bicyclic) bond motifs is 1. The molecule has 4 aromatic rings. The first-order valence-corrected chi connectivity index (χ1v) is 12.9. The van der Waals surface area contributed by atoms with Crippen molar-refractivity contribution in [3.63, 3.8) is 0 Å². The van der Waals surface area contributed by atoms with Crippen LogP contribution in [0.3, 0.4) is 0 Å². The maximum Gasteiger partial charge on any atom is 0.0385 e. The molecule has 0 saturated carbocycles. The fourth-order valence-corrected chi connectivity index (χ4v) is 5.54. The van der Waals surface area contributed by atoms with Gasteiger partial charge < -0.3 is 22.5 Å². The standard InChI is InChI=1S/C18H22N2.C15H18N2/c1-17(2)12-18(3,13-8-10-14(19)11-9-13)15-6-4-5-7-16(15)20-17;1-15(2,11-3-7-13(16)8-4-11)12-5-9-14(17)10-6-12/h4-11,20H,12,19H2,1-3H3;3-10H,16-17H2,1-2H3. The number of nitrogens with two attached hydrogens (primary N) is 3. The van der Waals surface area contributed by atoms with Crippen molar-refractivity contribution >= 4 is 22.7 Å². The van der Waals surface area contributed by atoms with Crippen LogP contribution in [0, 0.1) is 0 Å². The molecule has 4 nitrogen and oxygen atoms in total. The van der Waals surface area contributed by atoms with Crippen LogP contribution in [0.15, 0.2) is 97.1 Å². The van der Waals surface area contributed by atoms with Crippen LogP contribution in [-0.4, -0.2) is 5.54 Å². The predicted molar refractivity (Wildman–Crippen MR) is 160 cm³/mol. The van der Waals surface area contributed by atoms with Crippen LogP contribution >= 0.6 is 0 Å². The Balaban J connectivity index is 0.000000176. The first-order chi connectivity index (χ1) is 17.4. The lowest BCUT2D eigenvalue weighted by atomic mass is 9.66. The van der Waals surface area contributed by atoms with Gasteiger partial charge in [-0.25, -0.2) is 0 Å². The summed E-state index contributed by atoms with van der Waals surface area (Å²) in [5, 5.41) is 3.65. The molecule has 1 atom stereocenters. The normalized spacial score (nSPS) is 18.1. The van der Waals surface area contributed by atoms with Gasteiger partial charge in [-0.2, -0.15) is 0 Å². The van der Waals surface area contributed by atoms with Gasteiger partial charge in [0.25, 0.3) is 0 Å². The van der Waals surface area contributed by atoms with Gasteiger partial charge in [-0.15, -0.1) is 0 Å². The van der Waals surface area contributed by atoms with Crippen LogP contribution in [-0.2, 0) is 10.8 Å². The number of para-hydroxylation sites is 1. The second-order valence-corrected chi connectivity index (χ2v) is 11.6. The smallest absolute Gasteiger partial charge is 0.0385 e. The Labute approximate surface area is 221 Å². The number of nitrogen functional groups attached to an aromatic ring is 3. The maximum absolute atomic E-state index is 5.83. The van der Waals surface area contributed by atoms with E-state index >= 15 is 0 Å². The molecule has 1 heterocycles. The van der Waals surface area contributed by atoms with Crippen molar-refractivity contribution in [3.8, 4) is 0 Å². The minimum Gasteiger partial charge on any atom is -0.399 e.